The van der Waals surface area contributed by atoms with E-state index in [2.05, 4.69) is 0 Å². The normalized spacial score (nSPS) is 17.4. The third-order valence-electron chi connectivity index (χ3n) is 2.62. The lowest BCUT2D eigenvalue weighted by atomic mass is 9.94. The molecule has 0 amide bonds. The molecule has 0 N–H and O–H groups in total. The highest BCUT2D eigenvalue weighted by molar-refractivity contribution is 5.20. The summed E-state index contributed by atoms with van der Waals surface area (Å²) in [7, 11) is 1.54. The third kappa shape index (κ3) is 2.55. The van der Waals surface area contributed by atoms with Gasteiger partial charge >= 0.3 is 0 Å². The molecule has 0 radical (unpaired) electrons. The molecule has 0 aliphatic rings. The lowest BCUT2D eigenvalue weighted by Gasteiger charge is -2.21. The molecule has 1 nitrogen and oxygen atoms in total. The van der Waals surface area contributed by atoms with Crippen molar-refractivity contribution in [3.8, 4) is 0 Å². The van der Waals surface area contributed by atoms with Gasteiger partial charge in [-0.1, -0.05) is 37.3 Å². The van der Waals surface area contributed by atoms with E-state index in [4.69, 9.17) is 4.74 Å². The van der Waals surface area contributed by atoms with E-state index in [1.165, 1.54) is 7.11 Å². The van der Waals surface area contributed by atoms with Crippen LogP contribution in [0.4, 0.5) is 4.39 Å². The van der Waals surface area contributed by atoms with Gasteiger partial charge in [0.05, 0.1) is 6.10 Å². The van der Waals surface area contributed by atoms with Crippen LogP contribution in [0.5, 0.6) is 0 Å². The molecule has 1 rings (SSSR count). The second-order valence-electron chi connectivity index (χ2n) is 3.58. The third-order valence-corrected chi connectivity index (χ3v) is 2.62. The number of halogens is 1. The molecule has 1 unspecified atom stereocenters. The van der Waals surface area contributed by atoms with E-state index in [-0.39, 0.29) is 12.0 Å². The summed E-state index contributed by atoms with van der Waals surface area (Å²) in [6, 6.07) is 9.68. The van der Waals surface area contributed by atoms with Crippen molar-refractivity contribution >= 4 is 0 Å². The van der Waals surface area contributed by atoms with Crippen molar-refractivity contribution in [2.75, 3.05) is 7.11 Å². The van der Waals surface area contributed by atoms with E-state index < -0.39 is 6.17 Å². The van der Waals surface area contributed by atoms with E-state index >= 15 is 0 Å². The van der Waals surface area contributed by atoms with Crippen LogP contribution in [0.1, 0.15) is 25.3 Å². The molecular formula is C12H17FO. The van der Waals surface area contributed by atoms with E-state index in [1.54, 1.807) is 6.92 Å². The Hall–Kier alpha value is -0.890. The first-order valence-corrected chi connectivity index (χ1v) is 4.88. The molecule has 0 fully saturated rings. The SMILES string of the molecule is CO[C@@H](C)[C@@H](F)C(C)c1ccccc1. The van der Waals surface area contributed by atoms with Crippen molar-refractivity contribution in [2.24, 2.45) is 0 Å². The Morgan fingerprint density at radius 1 is 1.14 bits per heavy atom. The van der Waals surface area contributed by atoms with Crippen LogP contribution in [0, 0.1) is 0 Å². The van der Waals surface area contributed by atoms with Crippen LogP contribution >= 0.6 is 0 Å². The molecule has 0 aromatic heterocycles. The Balaban J connectivity index is 2.70. The van der Waals surface area contributed by atoms with E-state index in [1.807, 2.05) is 37.3 Å². The Morgan fingerprint density at radius 2 is 1.71 bits per heavy atom. The summed E-state index contributed by atoms with van der Waals surface area (Å²) >= 11 is 0. The van der Waals surface area contributed by atoms with Gasteiger partial charge in [0.15, 0.2) is 0 Å². The second-order valence-corrected chi connectivity index (χ2v) is 3.58. The minimum absolute atomic E-state index is 0.119. The lowest BCUT2D eigenvalue weighted by Crippen LogP contribution is -2.25. The fraction of sp³-hybridized carbons (Fsp3) is 0.500. The molecule has 2 heteroatoms. The summed E-state index contributed by atoms with van der Waals surface area (Å²) in [5.41, 5.74) is 1.02. The van der Waals surface area contributed by atoms with Gasteiger partial charge in [-0.3, -0.25) is 0 Å². The van der Waals surface area contributed by atoms with Crippen LogP contribution < -0.4 is 0 Å². The number of methoxy groups -OCH3 is 1. The number of hydrogen-bond acceptors (Lipinski definition) is 1. The largest absolute Gasteiger partial charge is 0.379 e. The monoisotopic (exact) mass is 196 g/mol. The van der Waals surface area contributed by atoms with Gasteiger partial charge in [-0.2, -0.15) is 0 Å². The maximum Gasteiger partial charge on any atom is 0.132 e. The van der Waals surface area contributed by atoms with Gasteiger partial charge in [0.2, 0.25) is 0 Å². The zero-order valence-corrected chi connectivity index (χ0v) is 8.91. The fourth-order valence-electron chi connectivity index (χ4n) is 1.48. The zero-order chi connectivity index (χ0) is 10.6. The minimum atomic E-state index is -0.956. The zero-order valence-electron chi connectivity index (χ0n) is 8.91. The quantitative estimate of drug-likeness (QED) is 0.718. The topological polar surface area (TPSA) is 9.23 Å². The molecule has 0 heterocycles. The van der Waals surface area contributed by atoms with Gasteiger partial charge in [-0.15, -0.1) is 0 Å². The van der Waals surface area contributed by atoms with Gasteiger partial charge in [0.1, 0.15) is 6.17 Å². The van der Waals surface area contributed by atoms with Crippen LogP contribution in [0.3, 0.4) is 0 Å². The molecular weight excluding hydrogens is 179 g/mol. The van der Waals surface area contributed by atoms with Crippen molar-refractivity contribution in [2.45, 2.75) is 32.0 Å². The van der Waals surface area contributed by atoms with Gasteiger partial charge in [-0.25, -0.2) is 4.39 Å². The van der Waals surface area contributed by atoms with Gasteiger partial charge < -0.3 is 4.74 Å². The molecule has 0 saturated heterocycles. The Bertz CT molecular complexity index is 260. The van der Waals surface area contributed by atoms with Crippen LogP contribution in [-0.4, -0.2) is 19.4 Å². The number of benzene rings is 1. The van der Waals surface area contributed by atoms with Gasteiger partial charge in [0.25, 0.3) is 0 Å². The van der Waals surface area contributed by atoms with Crippen LogP contribution in [0.25, 0.3) is 0 Å². The predicted molar refractivity (Wildman–Crippen MR) is 56.2 cm³/mol. The maximum absolute atomic E-state index is 13.8. The number of hydrogen-bond donors (Lipinski definition) is 0. The summed E-state index contributed by atoms with van der Waals surface area (Å²) in [6.45, 7) is 3.64. The summed E-state index contributed by atoms with van der Waals surface area (Å²) in [4.78, 5) is 0. The lowest BCUT2D eigenvalue weighted by molar-refractivity contribution is 0.0358. The Morgan fingerprint density at radius 3 is 2.21 bits per heavy atom. The average Bonchev–Trinajstić information content (AvgIpc) is 2.27. The first-order valence-electron chi connectivity index (χ1n) is 4.88. The summed E-state index contributed by atoms with van der Waals surface area (Å²) in [5.74, 6) is -0.119. The molecule has 0 spiro atoms. The van der Waals surface area contributed by atoms with Crippen LogP contribution in [-0.2, 0) is 4.74 Å². The predicted octanol–water partition coefficient (Wildman–Crippen LogP) is 3.16. The Labute approximate surface area is 84.9 Å². The Kier molecular flexibility index (Phi) is 4.08. The molecule has 0 aliphatic heterocycles. The summed E-state index contributed by atoms with van der Waals surface area (Å²) in [5, 5.41) is 0. The summed E-state index contributed by atoms with van der Waals surface area (Å²) < 4.78 is 18.7. The van der Waals surface area contributed by atoms with Crippen molar-refractivity contribution in [1.82, 2.24) is 0 Å². The molecule has 0 aliphatic carbocycles. The van der Waals surface area contributed by atoms with Gasteiger partial charge in [0, 0.05) is 13.0 Å². The van der Waals surface area contributed by atoms with Crippen LogP contribution in [0.2, 0.25) is 0 Å². The molecule has 0 bridgehead atoms. The van der Waals surface area contributed by atoms with Gasteiger partial charge in [-0.05, 0) is 12.5 Å². The number of alkyl halides is 1. The maximum atomic E-state index is 13.8. The van der Waals surface area contributed by atoms with Crippen molar-refractivity contribution < 1.29 is 9.13 Å². The highest BCUT2D eigenvalue weighted by atomic mass is 19.1. The molecule has 14 heavy (non-hydrogen) atoms. The minimum Gasteiger partial charge on any atom is -0.379 e. The molecule has 0 saturated carbocycles. The highest BCUT2D eigenvalue weighted by Crippen LogP contribution is 2.24. The van der Waals surface area contributed by atoms with Crippen molar-refractivity contribution in [1.29, 1.82) is 0 Å². The molecule has 3 atom stereocenters. The second kappa shape index (κ2) is 5.11. The molecule has 1 aromatic rings. The number of ether oxygens (including phenoxy) is 1. The van der Waals surface area contributed by atoms with E-state index in [0.29, 0.717) is 0 Å². The van der Waals surface area contributed by atoms with Crippen molar-refractivity contribution in [3.63, 3.8) is 0 Å². The summed E-state index contributed by atoms with van der Waals surface area (Å²) in [6.07, 6.45) is -1.31. The fourth-order valence-corrected chi connectivity index (χ4v) is 1.48. The van der Waals surface area contributed by atoms with E-state index in [9.17, 15) is 4.39 Å². The molecule has 78 valence electrons. The highest BCUT2D eigenvalue weighted by Gasteiger charge is 2.23. The number of rotatable bonds is 4. The van der Waals surface area contributed by atoms with Crippen molar-refractivity contribution in [3.05, 3.63) is 35.9 Å². The smallest absolute Gasteiger partial charge is 0.132 e. The molecule has 1 aromatic carbocycles. The first kappa shape index (κ1) is 11.2. The first-order chi connectivity index (χ1) is 6.66. The standard InChI is InChI=1S/C12H17FO/c1-9(12(13)10(2)14-3)11-7-5-4-6-8-11/h4-10,12H,1-3H3/t9?,10-,12-/m0/s1. The average molecular weight is 196 g/mol. The van der Waals surface area contributed by atoms with Crippen LogP contribution in [0.15, 0.2) is 30.3 Å². The van der Waals surface area contributed by atoms with E-state index in [0.717, 1.165) is 5.56 Å².